The van der Waals surface area contributed by atoms with Crippen molar-refractivity contribution in [2.45, 2.75) is 6.92 Å². The average Bonchev–Trinajstić information content (AvgIpc) is 2.69. The summed E-state index contributed by atoms with van der Waals surface area (Å²) in [5, 5.41) is 5.20. The molecule has 0 aliphatic rings. The maximum Gasteiger partial charge on any atom is 0.252 e. The van der Waals surface area contributed by atoms with Crippen LogP contribution in [-0.4, -0.2) is 59.8 Å². The van der Waals surface area contributed by atoms with E-state index in [1.54, 1.807) is 10.7 Å². The molecule has 0 aliphatic heterocycles. The summed E-state index contributed by atoms with van der Waals surface area (Å²) in [5.74, 6) is 0.124. The smallest absolute Gasteiger partial charge is 0.252 e. The van der Waals surface area contributed by atoms with Crippen molar-refractivity contribution >= 4 is 22.8 Å². The Kier molecular flexibility index (Phi) is 4.13. The minimum atomic E-state index is -0.473. The van der Waals surface area contributed by atoms with Crippen LogP contribution in [0.2, 0.25) is 0 Å². The van der Waals surface area contributed by atoms with Crippen LogP contribution in [0.1, 0.15) is 16.1 Å². The van der Waals surface area contributed by atoms with Gasteiger partial charge in [0.05, 0.1) is 11.3 Å². The Hall–Kier alpha value is -2.15. The molecule has 0 atom stereocenters. The van der Waals surface area contributed by atoms with Gasteiger partial charge in [0, 0.05) is 32.6 Å². The summed E-state index contributed by atoms with van der Waals surface area (Å²) in [4.78, 5) is 20.4. The van der Waals surface area contributed by atoms with Crippen molar-refractivity contribution in [3.63, 3.8) is 0 Å². The van der Waals surface area contributed by atoms with Crippen LogP contribution in [0.3, 0.4) is 0 Å². The largest absolute Gasteiger partial charge is 0.365 e. The number of anilines is 1. The summed E-state index contributed by atoms with van der Waals surface area (Å²) in [5.41, 5.74) is 7.54. The Morgan fingerprint density at radius 1 is 1.33 bits per heavy atom. The number of primary amides is 1. The molecule has 0 aromatic carbocycles. The zero-order chi connectivity index (χ0) is 15.7. The molecule has 21 heavy (non-hydrogen) atoms. The molecular weight excluding hydrogens is 268 g/mol. The van der Waals surface area contributed by atoms with Crippen molar-refractivity contribution in [3.8, 4) is 0 Å². The van der Waals surface area contributed by atoms with Crippen LogP contribution >= 0.6 is 0 Å². The molecule has 7 nitrogen and oxygen atoms in total. The van der Waals surface area contributed by atoms with E-state index in [0.29, 0.717) is 11.4 Å². The number of amides is 1. The summed E-state index contributed by atoms with van der Waals surface area (Å²) in [6.45, 7) is 3.51. The molecule has 0 radical (unpaired) electrons. The number of aromatic nitrogens is 3. The van der Waals surface area contributed by atoms with Crippen LogP contribution in [0.15, 0.2) is 6.07 Å². The van der Waals surface area contributed by atoms with E-state index in [9.17, 15) is 4.79 Å². The van der Waals surface area contributed by atoms with Gasteiger partial charge < -0.3 is 15.5 Å². The standard InChI is InChI=1S/C14H22N6O/c1-9-10-8-11(12(15)21)13(16-14(10)20(5)17-9)19(4)7-6-18(2)3/h8H,6-7H2,1-5H3,(H2,15,21). The molecule has 2 aromatic heterocycles. The summed E-state index contributed by atoms with van der Waals surface area (Å²) in [6, 6.07) is 1.79. The van der Waals surface area contributed by atoms with Crippen molar-refractivity contribution < 1.29 is 4.79 Å². The monoisotopic (exact) mass is 290 g/mol. The van der Waals surface area contributed by atoms with Gasteiger partial charge in [0.1, 0.15) is 5.82 Å². The second kappa shape index (κ2) is 5.69. The number of carbonyl (C=O) groups is 1. The molecule has 2 heterocycles. The third-order valence-electron chi connectivity index (χ3n) is 3.49. The van der Waals surface area contributed by atoms with Gasteiger partial charge in [-0.15, -0.1) is 0 Å². The quantitative estimate of drug-likeness (QED) is 0.860. The number of nitrogens with zero attached hydrogens (tertiary/aromatic N) is 5. The zero-order valence-corrected chi connectivity index (χ0v) is 13.2. The lowest BCUT2D eigenvalue weighted by molar-refractivity contribution is 0.100. The first-order valence-corrected chi connectivity index (χ1v) is 6.81. The molecule has 0 fully saturated rings. The van der Waals surface area contributed by atoms with Gasteiger partial charge in [-0.25, -0.2) is 4.98 Å². The number of rotatable bonds is 5. The van der Waals surface area contributed by atoms with E-state index < -0.39 is 5.91 Å². The number of carbonyl (C=O) groups excluding carboxylic acids is 1. The zero-order valence-electron chi connectivity index (χ0n) is 13.2. The minimum Gasteiger partial charge on any atom is -0.365 e. The predicted molar refractivity (Wildman–Crippen MR) is 83.6 cm³/mol. The normalized spacial score (nSPS) is 11.3. The number of fused-ring (bicyclic) bond motifs is 1. The number of likely N-dealkylation sites (N-methyl/N-ethyl adjacent to an activating group) is 2. The second-order valence-electron chi connectivity index (χ2n) is 5.53. The SMILES string of the molecule is Cc1nn(C)c2nc(N(C)CCN(C)C)c(C(N)=O)cc12. The van der Waals surface area contributed by atoms with Gasteiger partial charge in [-0.05, 0) is 27.1 Å². The minimum absolute atomic E-state index is 0.430. The molecule has 0 bridgehead atoms. The van der Waals surface area contributed by atoms with Gasteiger partial charge in [0.25, 0.3) is 5.91 Å². The molecule has 114 valence electrons. The first-order chi connectivity index (χ1) is 9.81. The number of aryl methyl sites for hydroxylation is 2. The molecule has 2 rings (SSSR count). The third-order valence-corrected chi connectivity index (χ3v) is 3.49. The highest BCUT2D eigenvalue weighted by atomic mass is 16.1. The van der Waals surface area contributed by atoms with E-state index in [2.05, 4.69) is 15.0 Å². The molecular formula is C14H22N6O. The lowest BCUT2D eigenvalue weighted by Crippen LogP contribution is -2.31. The van der Waals surface area contributed by atoms with Crippen molar-refractivity contribution in [2.24, 2.45) is 12.8 Å². The Morgan fingerprint density at radius 3 is 2.57 bits per heavy atom. The second-order valence-corrected chi connectivity index (χ2v) is 5.53. The maximum absolute atomic E-state index is 11.7. The highest BCUT2D eigenvalue weighted by Gasteiger charge is 2.18. The molecule has 0 saturated heterocycles. The van der Waals surface area contributed by atoms with E-state index in [0.717, 1.165) is 29.8 Å². The number of pyridine rings is 1. The fourth-order valence-corrected chi connectivity index (χ4v) is 2.26. The number of hydrogen-bond acceptors (Lipinski definition) is 5. The van der Waals surface area contributed by atoms with Gasteiger partial charge in [-0.2, -0.15) is 5.10 Å². The molecule has 2 aromatic rings. The van der Waals surface area contributed by atoms with Gasteiger partial charge in [0.2, 0.25) is 0 Å². The topological polar surface area (TPSA) is 80.3 Å². The van der Waals surface area contributed by atoms with E-state index >= 15 is 0 Å². The Bertz CT molecular complexity index is 676. The highest BCUT2D eigenvalue weighted by Crippen LogP contribution is 2.24. The summed E-state index contributed by atoms with van der Waals surface area (Å²) in [7, 11) is 7.76. The van der Waals surface area contributed by atoms with E-state index in [4.69, 9.17) is 5.73 Å². The van der Waals surface area contributed by atoms with Gasteiger partial charge in [0.15, 0.2) is 5.65 Å². The molecule has 0 saturated carbocycles. The predicted octanol–water partition coefficient (Wildman–Crippen LogP) is 0.373. The first kappa shape index (κ1) is 15.2. The Balaban J connectivity index is 2.52. The van der Waals surface area contributed by atoms with Crippen molar-refractivity contribution in [1.29, 1.82) is 0 Å². The van der Waals surface area contributed by atoms with E-state index in [1.807, 2.05) is 40.0 Å². The number of hydrogen-bond donors (Lipinski definition) is 1. The highest BCUT2D eigenvalue weighted by molar-refractivity contribution is 6.01. The van der Waals surface area contributed by atoms with Crippen LogP contribution in [0.4, 0.5) is 5.82 Å². The van der Waals surface area contributed by atoms with Crippen LogP contribution in [0, 0.1) is 6.92 Å². The Morgan fingerprint density at radius 2 is 2.00 bits per heavy atom. The summed E-state index contributed by atoms with van der Waals surface area (Å²) >= 11 is 0. The van der Waals surface area contributed by atoms with Crippen LogP contribution < -0.4 is 10.6 Å². The molecule has 7 heteroatoms. The number of nitrogens with two attached hydrogens (primary N) is 1. The first-order valence-electron chi connectivity index (χ1n) is 6.81. The van der Waals surface area contributed by atoms with Gasteiger partial charge in [-0.1, -0.05) is 0 Å². The fraction of sp³-hybridized carbons (Fsp3) is 0.500. The molecule has 1 amide bonds. The molecule has 0 aliphatic carbocycles. The van der Waals surface area contributed by atoms with Gasteiger partial charge >= 0.3 is 0 Å². The van der Waals surface area contributed by atoms with Crippen LogP contribution in [0.25, 0.3) is 11.0 Å². The lowest BCUT2D eigenvalue weighted by atomic mass is 10.1. The van der Waals surface area contributed by atoms with Crippen LogP contribution in [0.5, 0.6) is 0 Å². The lowest BCUT2D eigenvalue weighted by Gasteiger charge is -2.22. The molecule has 0 unspecified atom stereocenters. The van der Waals surface area contributed by atoms with Crippen molar-refractivity contribution in [1.82, 2.24) is 19.7 Å². The molecule has 2 N–H and O–H groups in total. The van der Waals surface area contributed by atoms with Crippen LogP contribution in [-0.2, 0) is 7.05 Å². The summed E-state index contributed by atoms with van der Waals surface area (Å²) < 4.78 is 1.72. The van der Waals surface area contributed by atoms with Crippen molar-refractivity contribution in [3.05, 3.63) is 17.3 Å². The average molecular weight is 290 g/mol. The molecule has 0 spiro atoms. The summed E-state index contributed by atoms with van der Waals surface area (Å²) in [6.07, 6.45) is 0. The van der Waals surface area contributed by atoms with Crippen molar-refractivity contribution in [2.75, 3.05) is 39.1 Å². The third kappa shape index (κ3) is 2.97. The van der Waals surface area contributed by atoms with E-state index in [-0.39, 0.29) is 0 Å². The fourth-order valence-electron chi connectivity index (χ4n) is 2.26. The maximum atomic E-state index is 11.7. The Labute approximate surface area is 124 Å². The van der Waals surface area contributed by atoms with E-state index in [1.165, 1.54) is 0 Å². The van der Waals surface area contributed by atoms with Gasteiger partial charge in [-0.3, -0.25) is 9.48 Å².